The van der Waals surface area contributed by atoms with E-state index in [-0.39, 0.29) is 29.3 Å². The fourth-order valence-corrected chi connectivity index (χ4v) is 6.28. The van der Waals surface area contributed by atoms with E-state index in [9.17, 15) is 18.0 Å². The molecular weight excluding hydrogens is 589 g/mol. The van der Waals surface area contributed by atoms with Crippen LogP contribution in [0.4, 0.5) is 10.1 Å². The first-order valence-corrected chi connectivity index (χ1v) is 16.4. The lowest BCUT2D eigenvalue weighted by Gasteiger charge is -2.34. The van der Waals surface area contributed by atoms with E-state index in [1.165, 1.54) is 23.1 Å². The van der Waals surface area contributed by atoms with Gasteiger partial charge in [0.2, 0.25) is 11.8 Å². The molecule has 0 bridgehead atoms. The summed E-state index contributed by atoms with van der Waals surface area (Å²) in [6.07, 6.45) is 0.153. The van der Waals surface area contributed by atoms with Crippen LogP contribution in [0.15, 0.2) is 108 Å². The standard InChI is InChI=1S/C36H40FN3O4S/c1-26(2)23-38-36(42)34(22-29-10-6-5-7-11-29)39(24-30-12-8-9-13-33(30)37)35(41)25-40(31-18-14-27(3)15-19-31)45(43,44)32-20-16-28(4)17-21-32/h5-21,26,34H,22-25H2,1-4H3,(H,38,42)/t34-/m0/s1. The Labute approximate surface area is 265 Å². The molecule has 236 valence electrons. The number of rotatable bonds is 13. The summed E-state index contributed by atoms with van der Waals surface area (Å²) in [5.74, 6) is -1.42. The van der Waals surface area contributed by atoms with E-state index in [4.69, 9.17) is 0 Å². The van der Waals surface area contributed by atoms with Crippen molar-refractivity contribution in [2.45, 2.75) is 51.6 Å². The van der Waals surface area contributed by atoms with Crippen LogP contribution >= 0.6 is 0 Å². The van der Waals surface area contributed by atoms with Crippen LogP contribution < -0.4 is 9.62 Å². The van der Waals surface area contributed by atoms with Crippen LogP contribution in [0.5, 0.6) is 0 Å². The Kier molecular flexibility index (Phi) is 11.1. The molecule has 0 spiro atoms. The fraction of sp³-hybridized carbons (Fsp3) is 0.278. The highest BCUT2D eigenvalue weighted by Gasteiger charge is 2.35. The highest BCUT2D eigenvalue weighted by Crippen LogP contribution is 2.26. The number of nitrogens with zero attached hydrogens (tertiary/aromatic N) is 2. The number of carbonyl (C=O) groups is 2. The first kappa shape index (κ1) is 33.4. The lowest BCUT2D eigenvalue weighted by atomic mass is 10.0. The Hall–Kier alpha value is -4.50. The molecule has 0 heterocycles. The van der Waals surface area contributed by atoms with E-state index in [2.05, 4.69) is 5.32 Å². The molecule has 0 saturated heterocycles. The number of hydrogen-bond acceptors (Lipinski definition) is 4. The van der Waals surface area contributed by atoms with E-state index in [0.717, 1.165) is 21.0 Å². The molecule has 0 aliphatic carbocycles. The normalized spacial score (nSPS) is 12.0. The summed E-state index contributed by atoms with van der Waals surface area (Å²) in [7, 11) is -4.21. The van der Waals surface area contributed by atoms with Crippen molar-refractivity contribution in [1.82, 2.24) is 10.2 Å². The van der Waals surface area contributed by atoms with Gasteiger partial charge < -0.3 is 10.2 Å². The zero-order chi connectivity index (χ0) is 32.6. The molecule has 0 aliphatic heterocycles. The number of halogens is 1. The summed E-state index contributed by atoms with van der Waals surface area (Å²) >= 11 is 0. The first-order chi connectivity index (χ1) is 21.5. The molecule has 9 heteroatoms. The van der Waals surface area contributed by atoms with Crippen molar-refractivity contribution in [3.8, 4) is 0 Å². The first-order valence-electron chi connectivity index (χ1n) is 15.0. The monoisotopic (exact) mass is 629 g/mol. The number of carbonyl (C=O) groups excluding carboxylic acids is 2. The summed E-state index contributed by atoms with van der Waals surface area (Å²) in [5, 5.41) is 2.93. The van der Waals surface area contributed by atoms with E-state index in [1.807, 2.05) is 58.0 Å². The smallest absolute Gasteiger partial charge is 0.264 e. The van der Waals surface area contributed by atoms with Gasteiger partial charge in [0.25, 0.3) is 10.0 Å². The van der Waals surface area contributed by atoms with Gasteiger partial charge >= 0.3 is 0 Å². The molecule has 45 heavy (non-hydrogen) atoms. The van der Waals surface area contributed by atoms with Crippen molar-refractivity contribution in [3.05, 3.63) is 131 Å². The van der Waals surface area contributed by atoms with Crippen LogP contribution in [0.25, 0.3) is 0 Å². The molecule has 1 N–H and O–H groups in total. The van der Waals surface area contributed by atoms with Crippen molar-refractivity contribution < 1.29 is 22.4 Å². The van der Waals surface area contributed by atoms with Gasteiger partial charge in [0.05, 0.1) is 10.6 Å². The second kappa shape index (κ2) is 15.0. The molecule has 7 nitrogen and oxygen atoms in total. The van der Waals surface area contributed by atoms with Gasteiger partial charge in [-0.15, -0.1) is 0 Å². The molecule has 4 aromatic rings. The van der Waals surface area contributed by atoms with Crippen molar-refractivity contribution in [3.63, 3.8) is 0 Å². The van der Waals surface area contributed by atoms with Crippen LogP contribution in [0.2, 0.25) is 0 Å². The van der Waals surface area contributed by atoms with E-state index in [1.54, 1.807) is 54.6 Å². The van der Waals surface area contributed by atoms with Gasteiger partial charge in [0, 0.05) is 25.1 Å². The number of sulfonamides is 1. The van der Waals surface area contributed by atoms with E-state index >= 15 is 4.39 Å². The Morgan fingerprint density at radius 1 is 0.800 bits per heavy atom. The van der Waals surface area contributed by atoms with Crippen molar-refractivity contribution >= 4 is 27.5 Å². The van der Waals surface area contributed by atoms with E-state index in [0.29, 0.717) is 12.2 Å². The largest absolute Gasteiger partial charge is 0.354 e. The molecule has 1 atom stereocenters. The van der Waals surface area contributed by atoms with Gasteiger partial charge in [-0.2, -0.15) is 0 Å². The topological polar surface area (TPSA) is 86.8 Å². The molecule has 0 aliphatic rings. The summed E-state index contributed by atoms with van der Waals surface area (Å²) in [5.41, 5.74) is 3.12. The van der Waals surface area contributed by atoms with Crippen LogP contribution in [0.3, 0.4) is 0 Å². The number of amides is 2. The summed E-state index contributed by atoms with van der Waals surface area (Å²) < 4.78 is 44.3. The minimum absolute atomic E-state index is 0.0256. The number of aryl methyl sites for hydroxylation is 2. The van der Waals surface area contributed by atoms with Crippen LogP contribution in [-0.4, -0.2) is 44.3 Å². The average Bonchev–Trinajstić information content (AvgIpc) is 3.02. The molecular formula is C36H40FN3O4S. The molecule has 0 radical (unpaired) electrons. The zero-order valence-electron chi connectivity index (χ0n) is 26.1. The van der Waals surface area contributed by atoms with E-state index < -0.39 is 40.2 Å². The fourth-order valence-electron chi connectivity index (χ4n) is 4.86. The Morgan fingerprint density at radius 3 is 1.98 bits per heavy atom. The van der Waals surface area contributed by atoms with Gasteiger partial charge in [-0.25, -0.2) is 12.8 Å². The Bertz CT molecular complexity index is 1690. The molecule has 4 rings (SSSR count). The maximum Gasteiger partial charge on any atom is 0.264 e. The lowest BCUT2D eigenvalue weighted by molar-refractivity contribution is -0.140. The number of nitrogens with one attached hydrogen (secondary N) is 1. The van der Waals surface area contributed by atoms with Gasteiger partial charge in [0.15, 0.2) is 0 Å². The number of benzene rings is 4. The average molecular weight is 630 g/mol. The van der Waals surface area contributed by atoms with Gasteiger partial charge in [-0.05, 0) is 55.7 Å². The quantitative estimate of drug-likeness (QED) is 0.195. The van der Waals surface area contributed by atoms with Gasteiger partial charge in [0.1, 0.15) is 18.4 Å². The zero-order valence-corrected chi connectivity index (χ0v) is 26.9. The number of hydrogen-bond donors (Lipinski definition) is 1. The maximum atomic E-state index is 15.0. The molecule has 4 aromatic carbocycles. The lowest BCUT2D eigenvalue weighted by Crippen LogP contribution is -2.53. The van der Waals surface area contributed by atoms with Gasteiger partial charge in [-0.1, -0.05) is 97.8 Å². The number of anilines is 1. The van der Waals surface area contributed by atoms with Gasteiger partial charge in [-0.3, -0.25) is 13.9 Å². The van der Waals surface area contributed by atoms with Crippen molar-refractivity contribution in [2.24, 2.45) is 5.92 Å². The van der Waals surface area contributed by atoms with Crippen molar-refractivity contribution in [2.75, 3.05) is 17.4 Å². The molecule has 0 fully saturated rings. The third kappa shape index (κ3) is 8.79. The third-order valence-electron chi connectivity index (χ3n) is 7.46. The Balaban J connectivity index is 1.80. The highest BCUT2D eigenvalue weighted by molar-refractivity contribution is 7.92. The SMILES string of the molecule is Cc1ccc(N(CC(=O)N(Cc2ccccc2F)[C@@H](Cc2ccccc2)C(=O)NCC(C)C)S(=O)(=O)c2ccc(C)cc2)cc1. The minimum Gasteiger partial charge on any atom is -0.354 e. The molecule has 2 amide bonds. The van der Waals surface area contributed by atoms with Crippen LogP contribution in [-0.2, 0) is 32.6 Å². The second-order valence-electron chi connectivity index (χ2n) is 11.6. The maximum absolute atomic E-state index is 15.0. The summed E-state index contributed by atoms with van der Waals surface area (Å²) in [4.78, 5) is 29.5. The second-order valence-corrected chi connectivity index (χ2v) is 13.5. The highest BCUT2D eigenvalue weighted by atomic mass is 32.2. The predicted molar refractivity (Wildman–Crippen MR) is 176 cm³/mol. The summed E-state index contributed by atoms with van der Waals surface area (Å²) in [6, 6.07) is 27.5. The molecule has 0 unspecified atom stereocenters. The van der Waals surface area contributed by atoms with Crippen LogP contribution in [0.1, 0.15) is 36.1 Å². The predicted octanol–water partition coefficient (Wildman–Crippen LogP) is 6.05. The minimum atomic E-state index is -4.21. The third-order valence-corrected chi connectivity index (χ3v) is 9.25. The van der Waals surface area contributed by atoms with Crippen molar-refractivity contribution in [1.29, 1.82) is 0 Å². The Morgan fingerprint density at radius 2 is 1.38 bits per heavy atom. The summed E-state index contributed by atoms with van der Waals surface area (Å²) in [6.45, 7) is 7.21. The molecule has 0 aromatic heterocycles. The van der Waals surface area contributed by atoms with Crippen LogP contribution in [0, 0.1) is 25.6 Å². The molecule has 0 saturated carbocycles.